The summed E-state index contributed by atoms with van der Waals surface area (Å²) in [6.45, 7) is 5.62. The van der Waals surface area contributed by atoms with Gasteiger partial charge >= 0.3 is 5.97 Å². The monoisotopic (exact) mass is 557 g/mol. The lowest BCUT2D eigenvalue weighted by Crippen LogP contribution is -2.22. The molecule has 2 aromatic carbocycles. The number of fused-ring (bicyclic) bond motifs is 1. The van der Waals surface area contributed by atoms with Gasteiger partial charge in [0.25, 0.3) is 5.56 Å². The summed E-state index contributed by atoms with van der Waals surface area (Å²) < 4.78 is 16.1. The van der Waals surface area contributed by atoms with Gasteiger partial charge in [-0.2, -0.15) is 0 Å². The van der Waals surface area contributed by atoms with Crippen molar-refractivity contribution in [2.75, 3.05) is 5.32 Å². The summed E-state index contributed by atoms with van der Waals surface area (Å²) in [7, 11) is 1.60. The number of halogens is 2. The Balaban J connectivity index is 1.60. The van der Waals surface area contributed by atoms with Gasteiger partial charge in [-0.15, -0.1) is 0 Å². The lowest BCUT2D eigenvalue weighted by molar-refractivity contribution is 0.0691. The van der Waals surface area contributed by atoms with E-state index >= 15 is 0 Å². The maximum absolute atomic E-state index is 14.7. The Morgan fingerprint density at radius 1 is 0.950 bits per heavy atom. The first kappa shape index (κ1) is 27.0. The average molecular weight is 558 g/mol. The second-order valence-corrected chi connectivity index (χ2v) is 10.00. The van der Waals surface area contributed by atoms with Crippen molar-refractivity contribution in [2.24, 2.45) is 7.05 Å². The van der Waals surface area contributed by atoms with Gasteiger partial charge in [-0.25, -0.2) is 19.2 Å². The molecule has 5 aromatic rings. The van der Waals surface area contributed by atoms with Crippen LogP contribution in [0, 0.1) is 19.7 Å². The van der Waals surface area contributed by atoms with Crippen LogP contribution in [0.3, 0.4) is 0 Å². The summed E-state index contributed by atoms with van der Waals surface area (Å²) in [5.41, 5.74) is 4.79. The number of rotatable bonds is 6. The normalized spacial score (nSPS) is 11.9. The van der Waals surface area contributed by atoms with Crippen LogP contribution in [-0.4, -0.2) is 30.6 Å². The van der Waals surface area contributed by atoms with Gasteiger partial charge in [-0.1, -0.05) is 35.9 Å². The van der Waals surface area contributed by atoms with E-state index in [2.05, 4.69) is 15.3 Å². The molecule has 0 fully saturated rings. The Kier molecular flexibility index (Phi) is 7.08. The number of nitrogens with one attached hydrogen (secondary N) is 1. The first-order valence-corrected chi connectivity index (χ1v) is 12.8. The molecule has 0 aliphatic carbocycles. The van der Waals surface area contributed by atoms with E-state index in [4.69, 9.17) is 16.6 Å². The predicted octanol–water partition coefficient (Wildman–Crippen LogP) is 6.34. The average Bonchev–Trinajstić information content (AvgIpc) is 2.91. The van der Waals surface area contributed by atoms with Gasteiger partial charge < -0.3 is 10.4 Å². The number of aromatic carboxylic acids is 1. The molecule has 0 amide bonds. The van der Waals surface area contributed by atoms with Gasteiger partial charge in [0.2, 0.25) is 0 Å². The smallest absolute Gasteiger partial charge is 0.356 e. The van der Waals surface area contributed by atoms with Gasteiger partial charge in [0.15, 0.2) is 5.69 Å². The van der Waals surface area contributed by atoms with Gasteiger partial charge in [0.05, 0.1) is 22.6 Å². The van der Waals surface area contributed by atoms with Crippen LogP contribution in [0.5, 0.6) is 0 Å². The van der Waals surface area contributed by atoms with Gasteiger partial charge in [0, 0.05) is 29.6 Å². The van der Waals surface area contributed by atoms with Crippen LogP contribution in [-0.2, 0) is 7.05 Å². The number of aromatic nitrogens is 4. The summed E-state index contributed by atoms with van der Waals surface area (Å²) in [5, 5.41) is 12.8. The highest BCUT2D eigenvalue weighted by Gasteiger charge is 2.21. The van der Waals surface area contributed by atoms with E-state index in [0.29, 0.717) is 22.5 Å². The number of benzene rings is 2. The Bertz CT molecular complexity index is 1830. The van der Waals surface area contributed by atoms with Crippen LogP contribution < -0.4 is 10.9 Å². The summed E-state index contributed by atoms with van der Waals surface area (Å²) in [4.78, 5) is 38.2. The lowest BCUT2D eigenvalue weighted by Gasteiger charge is -2.19. The summed E-state index contributed by atoms with van der Waals surface area (Å²) in [5.74, 6) is -1.47. The lowest BCUT2D eigenvalue weighted by atomic mass is 10.0. The van der Waals surface area contributed by atoms with Gasteiger partial charge in [0.1, 0.15) is 16.8 Å². The van der Waals surface area contributed by atoms with Crippen molar-refractivity contribution in [3.05, 3.63) is 105 Å². The Labute approximate surface area is 234 Å². The number of carboxylic acid groups (broad SMARTS) is 1. The van der Waals surface area contributed by atoms with Gasteiger partial charge in [-0.05, 0) is 68.3 Å². The number of pyridine rings is 2. The van der Waals surface area contributed by atoms with Crippen LogP contribution >= 0.6 is 11.6 Å². The number of carbonyl (C=O) groups is 1. The zero-order valence-electron chi connectivity index (χ0n) is 22.2. The molecule has 5 rings (SSSR count). The number of carboxylic acids is 1. The minimum atomic E-state index is -1.27. The number of nitrogens with zero attached hydrogens (tertiary/aromatic N) is 4. The third-order valence-electron chi connectivity index (χ3n) is 6.63. The van der Waals surface area contributed by atoms with Crippen molar-refractivity contribution < 1.29 is 14.3 Å². The largest absolute Gasteiger partial charge is 0.476 e. The molecule has 202 valence electrons. The van der Waals surface area contributed by atoms with Crippen molar-refractivity contribution in [2.45, 2.75) is 26.8 Å². The van der Waals surface area contributed by atoms with E-state index in [0.717, 1.165) is 28.6 Å². The summed E-state index contributed by atoms with van der Waals surface area (Å²) in [6.07, 6.45) is 0. The second kappa shape index (κ2) is 10.5. The van der Waals surface area contributed by atoms with Crippen LogP contribution in [0.25, 0.3) is 33.4 Å². The SMILES string of the molecule is Cc1cc(-c2ccc(-c3nc4c([C@@H](C)Nc5ccc(Cl)nc5C(=O)O)cc(F)cc4c(=O)n3C)cc2)cc(C)n1. The van der Waals surface area contributed by atoms with Gasteiger partial charge in [-0.3, -0.25) is 14.3 Å². The molecule has 0 bridgehead atoms. The number of aryl methyl sites for hydroxylation is 2. The first-order chi connectivity index (χ1) is 19.0. The maximum Gasteiger partial charge on any atom is 0.356 e. The van der Waals surface area contributed by atoms with Crippen molar-refractivity contribution in [3.8, 4) is 22.5 Å². The molecule has 0 unspecified atom stereocenters. The fourth-order valence-corrected chi connectivity index (χ4v) is 4.94. The predicted molar refractivity (Wildman–Crippen MR) is 153 cm³/mol. The summed E-state index contributed by atoms with van der Waals surface area (Å²) in [6, 6.07) is 16.5. The molecule has 10 heteroatoms. The number of hydrogen-bond acceptors (Lipinski definition) is 6. The van der Waals surface area contributed by atoms with E-state index in [1.807, 2.05) is 50.2 Å². The molecule has 40 heavy (non-hydrogen) atoms. The highest BCUT2D eigenvalue weighted by molar-refractivity contribution is 6.29. The topological polar surface area (TPSA) is 110 Å². The van der Waals surface area contributed by atoms with Crippen molar-refractivity contribution in [1.29, 1.82) is 0 Å². The zero-order chi connectivity index (χ0) is 28.7. The fraction of sp³-hybridized carbons (Fsp3) is 0.167. The molecule has 8 nitrogen and oxygen atoms in total. The quantitative estimate of drug-likeness (QED) is 0.234. The van der Waals surface area contributed by atoms with E-state index in [-0.39, 0.29) is 21.9 Å². The van der Waals surface area contributed by atoms with Crippen LogP contribution in [0.15, 0.2) is 65.5 Å². The molecular weight excluding hydrogens is 533 g/mol. The zero-order valence-corrected chi connectivity index (χ0v) is 22.9. The Hall–Kier alpha value is -4.63. The van der Waals surface area contributed by atoms with E-state index in [1.54, 1.807) is 14.0 Å². The molecular formula is C30H25ClFN5O3. The molecule has 0 spiro atoms. The summed E-state index contributed by atoms with van der Waals surface area (Å²) >= 11 is 5.88. The number of hydrogen-bond donors (Lipinski definition) is 2. The molecule has 3 aromatic heterocycles. The Morgan fingerprint density at radius 2 is 1.60 bits per heavy atom. The minimum absolute atomic E-state index is 0.0295. The molecule has 0 saturated heterocycles. The van der Waals surface area contributed by atoms with E-state index in [9.17, 15) is 19.1 Å². The molecule has 0 radical (unpaired) electrons. The molecule has 3 heterocycles. The van der Waals surface area contributed by atoms with Crippen LogP contribution in [0.2, 0.25) is 5.15 Å². The third-order valence-corrected chi connectivity index (χ3v) is 6.85. The molecule has 0 aliphatic rings. The van der Waals surface area contributed by atoms with Crippen molar-refractivity contribution in [1.82, 2.24) is 19.5 Å². The standard InChI is InChI=1S/C30H25ClFN5O3/c1-15-11-20(12-16(2)33-15)18-5-7-19(8-6-18)28-36-26-22(13-21(32)14-23(26)29(38)37(28)4)17(3)34-24-9-10-25(31)35-27(24)30(39)40/h5-14,17,34H,1-4H3,(H,39,40)/t17-/m1/s1. The number of anilines is 1. The van der Waals surface area contributed by atoms with Crippen LogP contribution in [0.1, 0.15) is 40.4 Å². The maximum atomic E-state index is 14.7. The van der Waals surface area contributed by atoms with Crippen molar-refractivity contribution in [3.63, 3.8) is 0 Å². The Morgan fingerprint density at radius 3 is 2.25 bits per heavy atom. The molecule has 0 aliphatic heterocycles. The second-order valence-electron chi connectivity index (χ2n) is 9.61. The minimum Gasteiger partial charge on any atom is -0.476 e. The van der Waals surface area contributed by atoms with Crippen molar-refractivity contribution >= 4 is 34.2 Å². The third kappa shape index (κ3) is 5.15. The first-order valence-electron chi connectivity index (χ1n) is 12.4. The highest BCUT2D eigenvalue weighted by Crippen LogP contribution is 2.30. The van der Waals surface area contributed by atoms with Crippen LogP contribution in [0.4, 0.5) is 10.1 Å². The van der Waals surface area contributed by atoms with E-state index < -0.39 is 23.4 Å². The highest BCUT2D eigenvalue weighted by atomic mass is 35.5. The fourth-order valence-electron chi connectivity index (χ4n) is 4.79. The van der Waals surface area contributed by atoms with E-state index in [1.165, 1.54) is 22.8 Å². The molecule has 0 saturated carbocycles. The molecule has 2 N–H and O–H groups in total. The molecule has 1 atom stereocenters.